The Morgan fingerprint density at radius 2 is 2.05 bits per heavy atom. The summed E-state index contributed by atoms with van der Waals surface area (Å²) in [6, 6.07) is 6.40. The topological polar surface area (TPSA) is 39.1 Å². The summed E-state index contributed by atoms with van der Waals surface area (Å²) in [5, 5.41) is 7.35. The molecule has 0 bridgehead atoms. The predicted molar refractivity (Wildman–Crippen MR) is 68.3 cm³/mol. The SMILES string of the molecule is CCn1cc(CNc2ccc(OC(F)F)cc2)cn1. The summed E-state index contributed by atoms with van der Waals surface area (Å²) in [5.74, 6) is 0.152. The molecule has 0 saturated carbocycles. The molecule has 0 amide bonds. The van der Waals surface area contributed by atoms with Crippen LogP contribution < -0.4 is 10.1 Å². The fourth-order valence-corrected chi connectivity index (χ4v) is 1.63. The lowest BCUT2D eigenvalue weighted by Gasteiger charge is -2.07. The van der Waals surface area contributed by atoms with Gasteiger partial charge >= 0.3 is 6.61 Å². The number of ether oxygens (including phenoxy) is 1. The van der Waals surface area contributed by atoms with Crippen LogP contribution in [0.1, 0.15) is 12.5 Å². The average molecular weight is 267 g/mol. The van der Waals surface area contributed by atoms with E-state index < -0.39 is 6.61 Å². The number of nitrogens with zero attached hydrogens (tertiary/aromatic N) is 2. The zero-order valence-electron chi connectivity index (χ0n) is 10.5. The first-order valence-corrected chi connectivity index (χ1v) is 5.97. The molecule has 19 heavy (non-hydrogen) atoms. The quantitative estimate of drug-likeness (QED) is 0.874. The Hall–Kier alpha value is -2.11. The number of rotatable bonds is 6. The minimum atomic E-state index is -2.79. The lowest BCUT2D eigenvalue weighted by atomic mass is 10.3. The Morgan fingerprint density at radius 3 is 2.63 bits per heavy atom. The lowest BCUT2D eigenvalue weighted by molar-refractivity contribution is -0.0498. The molecule has 1 N–H and O–H groups in total. The van der Waals surface area contributed by atoms with Gasteiger partial charge in [-0.05, 0) is 31.2 Å². The Kier molecular flexibility index (Phi) is 4.33. The van der Waals surface area contributed by atoms with Crippen LogP contribution >= 0.6 is 0 Å². The number of hydrogen-bond donors (Lipinski definition) is 1. The standard InChI is InChI=1S/C13H15F2N3O/c1-2-18-9-10(8-17-18)7-16-11-3-5-12(6-4-11)19-13(14)15/h3-6,8-9,13,16H,2,7H2,1H3. The van der Waals surface area contributed by atoms with Gasteiger partial charge in [0.05, 0.1) is 6.20 Å². The normalized spacial score (nSPS) is 10.7. The first kappa shape index (κ1) is 13.3. The van der Waals surface area contributed by atoms with Crippen molar-refractivity contribution in [1.29, 1.82) is 0 Å². The predicted octanol–water partition coefficient (Wildman–Crippen LogP) is 3.12. The van der Waals surface area contributed by atoms with Gasteiger partial charge in [-0.1, -0.05) is 0 Å². The van der Waals surface area contributed by atoms with Crippen molar-refractivity contribution < 1.29 is 13.5 Å². The molecule has 2 rings (SSSR count). The Morgan fingerprint density at radius 1 is 1.32 bits per heavy atom. The number of nitrogens with one attached hydrogen (secondary N) is 1. The van der Waals surface area contributed by atoms with Gasteiger partial charge in [-0.15, -0.1) is 0 Å². The molecule has 6 heteroatoms. The highest BCUT2D eigenvalue weighted by Crippen LogP contribution is 2.18. The highest BCUT2D eigenvalue weighted by atomic mass is 19.3. The molecule has 1 aromatic carbocycles. The van der Waals surface area contributed by atoms with Crippen molar-refractivity contribution in [2.24, 2.45) is 0 Å². The minimum absolute atomic E-state index is 0.152. The fourth-order valence-electron chi connectivity index (χ4n) is 1.63. The second kappa shape index (κ2) is 6.17. The number of hydrogen-bond acceptors (Lipinski definition) is 3. The van der Waals surface area contributed by atoms with Gasteiger partial charge in [0.25, 0.3) is 0 Å². The third-order valence-corrected chi connectivity index (χ3v) is 2.59. The fraction of sp³-hybridized carbons (Fsp3) is 0.308. The number of anilines is 1. The molecule has 0 aliphatic heterocycles. The number of alkyl halides is 2. The van der Waals surface area contributed by atoms with Crippen molar-refractivity contribution in [2.45, 2.75) is 26.6 Å². The first-order chi connectivity index (χ1) is 9.17. The van der Waals surface area contributed by atoms with Gasteiger partial charge in [-0.2, -0.15) is 13.9 Å². The summed E-state index contributed by atoms with van der Waals surface area (Å²) in [6.07, 6.45) is 3.76. The third-order valence-electron chi connectivity index (χ3n) is 2.59. The van der Waals surface area contributed by atoms with E-state index in [1.807, 2.05) is 17.8 Å². The minimum Gasteiger partial charge on any atom is -0.435 e. The summed E-state index contributed by atoms with van der Waals surface area (Å²) in [5.41, 5.74) is 1.90. The molecular weight excluding hydrogens is 252 g/mol. The van der Waals surface area contributed by atoms with Crippen LogP contribution in [0.3, 0.4) is 0 Å². The average Bonchev–Trinajstić information content (AvgIpc) is 2.85. The second-order valence-electron chi connectivity index (χ2n) is 3.96. The molecule has 0 atom stereocenters. The summed E-state index contributed by atoms with van der Waals surface area (Å²) < 4.78 is 30.1. The van der Waals surface area contributed by atoms with E-state index in [0.29, 0.717) is 6.54 Å². The van der Waals surface area contributed by atoms with Crippen molar-refractivity contribution in [1.82, 2.24) is 9.78 Å². The van der Waals surface area contributed by atoms with Crippen molar-refractivity contribution in [2.75, 3.05) is 5.32 Å². The van der Waals surface area contributed by atoms with Gasteiger partial charge in [-0.3, -0.25) is 4.68 Å². The summed E-state index contributed by atoms with van der Waals surface area (Å²) >= 11 is 0. The molecule has 0 spiro atoms. The van der Waals surface area contributed by atoms with E-state index in [-0.39, 0.29) is 5.75 Å². The molecule has 4 nitrogen and oxygen atoms in total. The van der Waals surface area contributed by atoms with Crippen LogP contribution in [-0.4, -0.2) is 16.4 Å². The van der Waals surface area contributed by atoms with Gasteiger partial charge in [0.1, 0.15) is 5.75 Å². The molecule has 1 aromatic heterocycles. The Labute approximate surface area is 110 Å². The van der Waals surface area contributed by atoms with Crippen molar-refractivity contribution >= 4 is 5.69 Å². The van der Waals surface area contributed by atoms with Crippen molar-refractivity contribution in [3.8, 4) is 5.75 Å². The van der Waals surface area contributed by atoms with Crippen LogP contribution in [-0.2, 0) is 13.1 Å². The molecule has 0 fully saturated rings. The van der Waals surface area contributed by atoms with Gasteiger partial charge in [0, 0.05) is 30.5 Å². The van der Waals surface area contributed by atoms with Crippen LogP contribution in [0.5, 0.6) is 5.75 Å². The van der Waals surface area contributed by atoms with Crippen LogP contribution in [0.25, 0.3) is 0 Å². The summed E-state index contributed by atoms with van der Waals surface area (Å²) in [6.45, 7) is 0.694. The maximum Gasteiger partial charge on any atom is 0.387 e. The highest BCUT2D eigenvalue weighted by Gasteiger charge is 2.03. The third kappa shape index (κ3) is 3.94. The van der Waals surface area contributed by atoms with Crippen molar-refractivity contribution in [3.63, 3.8) is 0 Å². The van der Waals surface area contributed by atoms with E-state index in [9.17, 15) is 8.78 Å². The maximum atomic E-state index is 12.0. The molecule has 0 radical (unpaired) electrons. The zero-order chi connectivity index (χ0) is 13.7. The molecule has 0 aliphatic carbocycles. The van der Waals surface area contributed by atoms with E-state index in [4.69, 9.17) is 0 Å². The van der Waals surface area contributed by atoms with E-state index in [2.05, 4.69) is 15.2 Å². The molecule has 0 aliphatic rings. The van der Waals surface area contributed by atoms with E-state index in [0.717, 1.165) is 17.8 Å². The van der Waals surface area contributed by atoms with E-state index in [1.165, 1.54) is 12.1 Å². The summed E-state index contributed by atoms with van der Waals surface area (Å²) in [7, 11) is 0. The molecule has 0 unspecified atom stereocenters. The monoisotopic (exact) mass is 267 g/mol. The number of halogens is 2. The number of aryl methyl sites for hydroxylation is 1. The van der Waals surface area contributed by atoms with Gasteiger partial charge < -0.3 is 10.1 Å². The second-order valence-corrected chi connectivity index (χ2v) is 3.96. The Bertz CT molecular complexity index is 511. The largest absolute Gasteiger partial charge is 0.435 e. The lowest BCUT2D eigenvalue weighted by Crippen LogP contribution is -2.02. The smallest absolute Gasteiger partial charge is 0.387 e. The number of benzene rings is 1. The molecule has 102 valence electrons. The first-order valence-electron chi connectivity index (χ1n) is 5.97. The highest BCUT2D eigenvalue weighted by molar-refractivity contribution is 5.46. The van der Waals surface area contributed by atoms with Gasteiger partial charge in [0.2, 0.25) is 0 Å². The van der Waals surface area contributed by atoms with Crippen LogP contribution in [0.15, 0.2) is 36.7 Å². The zero-order valence-corrected chi connectivity index (χ0v) is 10.5. The molecule has 2 aromatic rings. The van der Waals surface area contributed by atoms with Gasteiger partial charge in [0.15, 0.2) is 0 Å². The Balaban J connectivity index is 1.89. The maximum absolute atomic E-state index is 12.0. The van der Waals surface area contributed by atoms with Crippen LogP contribution in [0.2, 0.25) is 0 Å². The summed E-state index contributed by atoms with van der Waals surface area (Å²) in [4.78, 5) is 0. The van der Waals surface area contributed by atoms with Gasteiger partial charge in [-0.25, -0.2) is 0 Å². The van der Waals surface area contributed by atoms with E-state index >= 15 is 0 Å². The molecule has 0 saturated heterocycles. The van der Waals surface area contributed by atoms with E-state index in [1.54, 1.807) is 18.3 Å². The van der Waals surface area contributed by atoms with Crippen LogP contribution in [0.4, 0.5) is 14.5 Å². The van der Waals surface area contributed by atoms with Crippen LogP contribution in [0, 0.1) is 0 Å². The number of aromatic nitrogens is 2. The molecular formula is C13H15F2N3O. The molecule has 1 heterocycles. The van der Waals surface area contributed by atoms with Crippen molar-refractivity contribution in [3.05, 3.63) is 42.2 Å².